The second-order valence-corrected chi connectivity index (χ2v) is 7.24. The van der Waals surface area contributed by atoms with Crippen LogP contribution in [0.1, 0.15) is 29.3 Å². The Balaban J connectivity index is 2.56. The first kappa shape index (κ1) is 18.9. The summed E-state index contributed by atoms with van der Waals surface area (Å²) in [4.78, 5) is 12.0. The molecule has 0 bridgehead atoms. The summed E-state index contributed by atoms with van der Waals surface area (Å²) in [5.41, 5.74) is 0.931. The van der Waals surface area contributed by atoms with Gasteiger partial charge in [0.15, 0.2) is 23.1 Å². The predicted molar refractivity (Wildman–Crippen MR) is 90.7 cm³/mol. The zero-order valence-electron chi connectivity index (χ0n) is 13.9. The minimum Gasteiger partial charge on any atom is -0.452 e. The summed E-state index contributed by atoms with van der Waals surface area (Å²) in [5, 5.41) is 0. The van der Waals surface area contributed by atoms with Crippen LogP contribution in [-0.2, 0) is 10.0 Å². The van der Waals surface area contributed by atoms with Crippen molar-refractivity contribution in [3.05, 3.63) is 53.1 Å². The minimum atomic E-state index is -3.63. The molecule has 25 heavy (non-hydrogen) atoms. The highest BCUT2D eigenvalue weighted by atomic mass is 32.2. The molecule has 0 aliphatic rings. The average molecular weight is 369 g/mol. The molecule has 134 valence electrons. The van der Waals surface area contributed by atoms with Crippen LogP contribution >= 0.6 is 0 Å². The average Bonchev–Trinajstić information content (AvgIpc) is 2.50. The lowest BCUT2D eigenvalue weighted by molar-refractivity contribution is 0.0987. The van der Waals surface area contributed by atoms with E-state index in [2.05, 4.69) is 4.72 Å². The number of hydrogen-bond donors (Lipinski definition) is 1. The quantitative estimate of drug-likeness (QED) is 0.781. The third kappa shape index (κ3) is 4.76. The van der Waals surface area contributed by atoms with E-state index in [0.29, 0.717) is 17.2 Å². The Kier molecular flexibility index (Phi) is 5.42. The van der Waals surface area contributed by atoms with Crippen molar-refractivity contribution in [3.63, 3.8) is 0 Å². The largest absolute Gasteiger partial charge is 0.452 e. The molecular weight excluding hydrogens is 352 g/mol. The van der Waals surface area contributed by atoms with Crippen LogP contribution in [0.3, 0.4) is 0 Å². The number of nitrogens with one attached hydrogen (secondary N) is 1. The molecule has 8 heteroatoms. The number of rotatable bonds is 6. The first-order chi connectivity index (χ1) is 11.6. The van der Waals surface area contributed by atoms with E-state index in [9.17, 15) is 22.0 Å². The monoisotopic (exact) mass is 369 g/mol. The van der Waals surface area contributed by atoms with Gasteiger partial charge in [-0.15, -0.1) is 0 Å². The molecule has 0 amide bonds. The van der Waals surface area contributed by atoms with E-state index < -0.39 is 21.7 Å². The highest BCUT2D eigenvalue weighted by Crippen LogP contribution is 2.34. The SMILES string of the molecule is CCC(=O)c1cc(Oc2ccc(F)cc2F)c(NS(C)(=O)=O)cc1C. The molecule has 0 fully saturated rings. The van der Waals surface area contributed by atoms with Gasteiger partial charge in [0.05, 0.1) is 11.9 Å². The predicted octanol–water partition coefficient (Wildman–Crippen LogP) is 4.03. The van der Waals surface area contributed by atoms with Crippen LogP contribution in [0, 0.1) is 18.6 Å². The van der Waals surface area contributed by atoms with Gasteiger partial charge in [-0.3, -0.25) is 9.52 Å². The number of carbonyl (C=O) groups is 1. The highest BCUT2D eigenvalue weighted by Gasteiger charge is 2.17. The summed E-state index contributed by atoms with van der Waals surface area (Å²) in [6.45, 7) is 3.34. The molecule has 0 aliphatic heterocycles. The molecular formula is C17H17F2NO4S. The first-order valence-corrected chi connectivity index (χ1v) is 9.28. The van der Waals surface area contributed by atoms with Gasteiger partial charge in [-0.05, 0) is 36.8 Å². The normalized spacial score (nSPS) is 11.2. The van der Waals surface area contributed by atoms with E-state index in [1.54, 1.807) is 13.8 Å². The first-order valence-electron chi connectivity index (χ1n) is 7.39. The number of anilines is 1. The summed E-state index contributed by atoms with van der Waals surface area (Å²) >= 11 is 0. The molecule has 2 aromatic carbocycles. The van der Waals surface area contributed by atoms with Gasteiger partial charge in [-0.1, -0.05) is 6.92 Å². The van der Waals surface area contributed by atoms with E-state index in [1.165, 1.54) is 12.1 Å². The summed E-state index contributed by atoms with van der Waals surface area (Å²) in [6.07, 6.45) is 1.19. The zero-order chi connectivity index (χ0) is 18.8. The van der Waals surface area contributed by atoms with E-state index in [1.807, 2.05) is 0 Å². The maximum absolute atomic E-state index is 13.8. The lowest BCUT2D eigenvalue weighted by Gasteiger charge is -2.15. The number of carbonyl (C=O) groups excluding carboxylic acids is 1. The number of Topliss-reactive ketones (excluding diaryl/α,β-unsaturated/α-hetero) is 1. The van der Waals surface area contributed by atoms with Gasteiger partial charge in [-0.2, -0.15) is 0 Å². The third-order valence-corrected chi connectivity index (χ3v) is 3.95. The molecule has 0 unspecified atom stereocenters. The second-order valence-electron chi connectivity index (χ2n) is 5.49. The number of aryl methyl sites for hydroxylation is 1. The molecule has 2 aromatic rings. The molecule has 0 saturated carbocycles. The molecule has 0 aliphatic carbocycles. The Hall–Kier alpha value is -2.48. The van der Waals surface area contributed by atoms with Crippen molar-refractivity contribution in [1.82, 2.24) is 0 Å². The fourth-order valence-electron chi connectivity index (χ4n) is 2.22. The van der Waals surface area contributed by atoms with Crippen LogP contribution in [0.2, 0.25) is 0 Å². The molecule has 0 spiro atoms. The summed E-state index contributed by atoms with van der Waals surface area (Å²) in [5.74, 6) is -2.25. The third-order valence-electron chi connectivity index (χ3n) is 3.36. The number of ketones is 1. The van der Waals surface area contributed by atoms with Crippen LogP contribution in [0.5, 0.6) is 11.5 Å². The van der Waals surface area contributed by atoms with Gasteiger partial charge in [0.1, 0.15) is 5.82 Å². The molecule has 0 atom stereocenters. The van der Waals surface area contributed by atoms with Crippen LogP contribution in [-0.4, -0.2) is 20.5 Å². The van der Waals surface area contributed by atoms with Crippen molar-refractivity contribution in [2.75, 3.05) is 11.0 Å². The lowest BCUT2D eigenvalue weighted by Crippen LogP contribution is -2.12. The standard InChI is InChI=1S/C17H17F2NO4S/c1-4-15(21)12-9-17(14(7-10(12)2)20-25(3,22)23)24-16-6-5-11(18)8-13(16)19/h5-9,20H,4H2,1-3H3. The number of ether oxygens (including phenoxy) is 1. The summed E-state index contributed by atoms with van der Waals surface area (Å²) in [6, 6.07) is 5.51. The van der Waals surface area contributed by atoms with Gasteiger partial charge >= 0.3 is 0 Å². The maximum atomic E-state index is 13.8. The van der Waals surface area contributed by atoms with Crippen molar-refractivity contribution in [2.45, 2.75) is 20.3 Å². The summed E-state index contributed by atoms with van der Waals surface area (Å²) in [7, 11) is -3.63. The van der Waals surface area contributed by atoms with Crippen LogP contribution in [0.4, 0.5) is 14.5 Å². The van der Waals surface area contributed by atoms with Gasteiger partial charge in [0.25, 0.3) is 0 Å². The van der Waals surface area contributed by atoms with Crippen LogP contribution < -0.4 is 9.46 Å². The fraction of sp³-hybridized carbons (Fsp3) is 0.235. The van der Waals surface area contributed by atoms with Gasteiger partial charge in [0, 0.05) is 18.1 Å². The molecule has 0 saturated heterocycles. The zero-order valence-corrected chi connectivity index (χ0v) is 14.7. The number of sulfonamides is 1. The lowest BCUT2D eigenvalue weighted by atomic mass is 10.0. The molecule has 2 rings (SSSR count). The van der Waals surface area contributed by atoms with Gasteiger partial charge < -0.3 is 4.74 Å². The Morgan fingerprint density at radius 3 is 2.40 bits per heavy atom. The van der Waals surface area contributed by atoms with E-state index >= 15 is 0 Å². The van der Waals surface area contributed by atoms with Crippen LogP contribution in [0.25, 0.3) is 0 Å². The van der Waals surface area contributed by atoms with Crippen molar-refractivity contribution in [3.8, 4) is 11.5 Å². The van der Waals surface area contributed by atoms with Crippen molar-refractivity contribution in [2.24, 2.45) is 0 Å². The van der Waals surface area contributed by atoms with Gasteiger partial charge in [-0.25, -0.2) is 17.2 Å². The number of benzene rings is 2. The van der Waals surface area contributed by atoms with E-state index in [4.69, 9.17) is 4.74 Å². The fourth-order valence-corrected chi connectivity index (χ4v) is 2.78. The number of halogens is 2. The smallest absolute Gasteiger partial charge is 0.229 e. The second kappa shape index (κ2) is 7.18. The van der Waals surface area contributed by atoms with E-state index in [0.717, 1.165) is 18.4 Å². The Bertz CT molecular complexity index is 926. The van der Waals surface area contributed by atoms with Crippen LogP contribution in [0.15, 0.2) is 30.3 Å². The molecule has 0 heterocycles. The summed E-state index contributed by atoms with van der Waals surface area (Å²) < 4.78 is 57.6. The van der Waals surface area contributed by atoms with Crippen molar-refractivity contribution >= 4 is 21.5 Å². The Morgan fingerprint density at radius 2 is 1.84 bits per heavy atom. The van der Waals surface area contributed by atoms with Gasteiger partial charge in [0.2, 0.25) is 10.0 Å². The highest BCUT2D eigenvalue weighted by molar-refractivity contribution is 7.92. The Morgan fingerprint density at radius 1 is 1.16 bits per heavy atom. The Labute approximate surface area is 144 Å². The maximum Gasteiger partial charge on any atom is 0.229 e. The minimum absolute atomic E-state index is 0.0522. The molecule has 0 radical (unpaired) electrons. The molecule has 5 nitrogen and oxygen atoms in total. The molecule has 1 N–H and O–H groups in total. The topological polar surface area (TPSA) is 72.5 Å². The number of hydrogen-bond acceptors (Lipinski definition) is 4. The van der Waals surface area contributed by atoms with Crippen molar-refractivity contribution in [1.29, 1.82) is 0 Å². The molecule has 0 aromatic heterocycles. The van der Waals surface area contributed by atoms with Crippen molar-refractivity contribution < 1.29 is 26.7 Å². The van der Waals surface area contributed by atoms with E-state index in [-0.39, 0.29) is 29.4 Å².